The summed E-state index contributed by atoms with van der Waals surface area (Å²) in [4.78, 5) is 12.7. The summed E-state index contributed by atoms with van der Waals surface area (Å²) in [5, 5.41) is 2.61. The van der Waals surface area contributed by atoms with Crippen molar-refractivity contribution in [2.45, 2.75) is 62.3 Å². The van der Waals surface area contributed by atoms with E-state index < -0.39 is 44.4 Å². The summed E-state index contributed by atoms with van der Waals surface area (Å²) in [6, 6.07) is 0. The lowest BCUT2D eigenvalue weighted by Gasteiger charge is -2.48. The zero-order valence-corrected chi connectivity index (χ0v) is 15.3. The number of carbonyl (C=O) groups excluding carboxylic acids is 1. The molecule has 1 N–H and O–H groups in total. The summed E-state index contributed by atoms with van der Waals surface area (Å²) in [5.74, 6) is -3.97. The van der Waals surface area contributed by atoms with Gasteiger partial charge in [-0.1, -0.05) is 12.8 Å². The predicted molar refractivity (Wildman–Crippen MR) is 87.5 cm³/mol. The average molecular weight is 381 g/mol. The van der Waals surface area contributed by atoms with E-state index in [1.165, 1.54) is 0 Å². The molecule has 25 heavy (non-hydrogen) atoms. The highest BCUT2D eigenvalue weighted by molar-refractivity contribution is 7.92. The van der Waals surface area contributed by atoms with Crippen LogP contribution < -0.4 is 5.32 Å². The molecule has 4 aliphatic rings. The summed E-state index contributed by atoms with van der Waals surface area (Å²) in [7, 11) is -3.38. The number of nitrogens with one attached hydrogen (secondary N) is 1. The Labute approximate surface area is 146 Å². The molecule has 0 aliphatic heterocycles. The second-order valence-corrected chi connectivity index (χ2v) is 10.6. The molecule has 0 saturated heterocycles. The van der Waals surface area contributed by atoms with Crippen molar-refractivity contribution in [3.8, 4) is 0 Å². The maximum absolute atomic E-state index is 13.5. The fourth-order valence-corrected chi connectivity index (χ4v) is 6.73. The average Bonchev–Trinajstić information content (AvgIpc) is 3.02. The van der Waals surface area contributed by atoms with Gasteiger partial charge < -0.3 is 5.32 Å². The molecule has 2 bridgehead atoms. The molecule has 4 fully saturated rings. The third-order valence-corrected chi connectivity index (χ3v) is 8.91. The van der Waals surface area contributed by atoms with E-state index in [9.17, 15) is 26.4 Å². The predicted octanol–water partition coefficient (Wildman–Crippen LogP) is 3.07. The van der Waals surface area contributed by atoms with E-state index in [1.807, 2.05) is 0 Å². The maximum Gasteiger partial charge on any atom is 0.392 e. The largest absolute Gasteiger partial charge is 0.392 e. The van der Waals surface area contributed by atoms with Gasteiger partial charge in [0.15, 0.2) is 9.84 Å². The van der Waals surface area contributed by atoms with Gasteiger partial charge in [-0.3, -0.25) is 4.79 Å². The zero-order valence-electron chi connectivity index (χ0n) is 14.4. The van der Waals surface area contributed by atoms with Crippen LogP contribution in [0, 0.1) is 23.7 Å². The number of carbonyl (C=O) groups is 1. The number of alkyl halides is 3. The van der Waals surface area contributed by atoms with Crippen LogP contribution in [-0.4, -0.2) is 38.0 Å². The number of sulfone groups is 1. The minimum atomic E-state index is -4.38. The lowest BCUT2D eigenvalue weighted by Crippen LogP contribution is -2.55. The summed E-state index contributed by atoms with van der Waals surface area (Å²) < 4.78 is 63.9. The molecule has 8 heteroatoms. The van der Waals surface area contributed by atoms with Crippen molar-refractivity contribution >= 4 is 15.7 Å². The highest BCUT2D eigenvalue weighted by Gasteiger charge is 2.58. The molecular weight excluding hydrogens is 355 g/mol. The minimum absolute atomic E-state index is 0.0663. The first-order chi connectivity index (χ1) is 11.6. The maximum atomic E-state index is 13.5. The monoisotopic (exact) mass is 381 g/mol. The molecule has 0 unspecified atom stereocenters. The Balaban J connectivity index is 1.76. The highest BCUT2D eigenvalue weighted by Crippen LogP contribution is 2.54. The van der Waals surface area contributed by atoms with E-state index >= 15 is 0 Å². The van der Waals surface area contributed by atoms with Crippen LogP contribution in [-0.2, 0) is 14.6 Å². The fraction of sp³-hybridized carbons (Fsp3) is 0.941. The molecule has 0 aromatic heterocycles. The molecule has 0 aromatic rings. The smallest absolute Gasteiger partial charge is 0.354 e. The molecule has 4 saturated carbocycles. The molecular formula is C17H26F3NO3S. The van der Waals surface area contributed by atoms with Crippen molar-refractivity contribution in [3.05, 3.63) is 0 Å². The Kier molecular flexibility index (Phi) is 4.88. The van der Waals surface area contributed by atoms with Crippen LogP contribution >= 0.6 is 0 Å². The number of hydrogen-bond donors (Lipinski definition) is 1. The van der Waals surface area contributed by atoms with Crippen molar-refractivity contribution in [2.24, 2.45) is 23.7 Å². The molecule has 1 amide bonds. The van der Waals surface area contributed by atoms with E-state index in [2.05, 4.69) is 5.32 Å². The van der Waals surface area contributed by atoms with Crippen molar-refractivity contribution in [2.75, 3.05) is 12.8 Å². The van der Waals surface area contributed by atoms with Gasteiger partial charge >= 0.3 is 6.18 Å². The zero-order chi connectivity index (χ0) is 18.5. The number of halogens is 3. The van der Waals surface area contributed by atoms with Crippen LogP contribution in [0.3, 0.4) is 0 Å². The number of fused-ring (bicyclic) bond motifs is 3. The van der Waals surface area contributed by atoms with Crippen molar-refractivity contribution in [3.63, 3.8) is 0 Å². The molecule has 4 rings (SSSR count). The Bertz CT molecular complexity index is 618. The SMILES string of the molecule is CS(=O)(=O)C1(CNC(=O)[C@H]2C3CCC(CC3)[C@@H]2C(F)(F)F)CCCC1. The molecule has 0 spiro atoms. The van der Waals surface area contributed by atoms with E-state index in [0.29, 0.717) is 38.5 Å². The van der Waals surface area contributed by atoms with Crippen LogP contribution in [0.2, 0.25) is 0 Å². The lowest BCUT2D eigenvalue weighted by atomic mass is 9.58. The Morgan fingerprint density at radius 3 is 2.08 bits per heavy atom. The molecule has 0 aromatic carbocycles. The number of amides is 1. The fourth-order valence-electron chi connectivity index (χ4n) is 5.36. The van der Waals surface area contributed by atoms with E-state index in [1.54, 1.807) is 0 Å². The van der Waals surface area contributed by atoms with E-state index in [-0.39, 0.29) is 12.5 Å². The first-order valence-electron chi connectivity index (χ1n) is 9.09. The summed E-state index contributed by atoms with van der Waals surface area (Å²) in [6.45, 7) is -0.0663. The molecule has 0 heterocycles. The van der Waals surface area contributed by atoms with E-state index in [0.717, 1.165) is 19.1 Å². The van der Waals surface area contributed by atoms with Gasteiger partial charge in [0.2, 0.25) is 5.91 Å². The summed E-state index contributed by atoms with van der Waals surface area (Å²) >= 11 is 0. The van der Waals surface area contributed by atoms with Crippen molar-refractivity contribution < 1.29 is 26.4 Å². The first kappa shape index (κ1) is 19.0. The van der Waals surface area contributed by atoms with Crippen molar-refractivity contribution in [1.82, 2.24) is 5.32 Å². The third-order valence-electron chi connectivity index (χ3n) is 6.79. The highest BCUT2D eigenvalue weighted by atomic mass is 32.2. The van der Waals surface area contributed by atoms with Gasteiger partial charge in [0, 0.05) is 12.8 Å². The number of rotatable bonds is 4. The summed E-state index contributed by atoms with van der Waals surface area (Å²) in [5.41, 5.74) is 0. The van der Waals surface area contributed by atoms with Gasteiger partial charge in [-0.15, -0.1) is 0 Å². The molecule has 4 nitrogen and oxygen atoms in total. The first-order valence-corrected chi connectivity index (χ1v) is 11.0. The minimum Gasteiger partial charge on any atom is -0.354 e. The van der Waals surface area contributed by atoms with Crippen molar-refractivity contribution in [1.29, 1.82) is 0 Å². The van der Waals surface area contributed by atoms with Gasteiger partial charge in [-0.05, 0) is 50.4 Å². The Hall–Kier alpha value is -0.790. The summed E-state index contributed by atoms with van der Waals surface area (Å²) in [6.07, 6.45) is 1.62. The lowest BCUT2D eigenvalue weighted by molar-refractivity contribution is -0.229. The van der Waals surface area contributed by atoms with Crippen LogP contribution in [0.5, 0.6) is 0 Å². The second-order valence-electron chi connectivity index (χ2n) is 8.15. The van der Waals surface area contributed by atoms with Gasteiger partial charge in [0.05, 0.1) is 16.6 Å². The quantitative estimate of drug-likeness (QED) is 0.814. The second kappa shape index (κ2) is 6.43. The van der Waals surface area contributed by atoms with Crippen LogP contribution in [0.15, 0.2) is 0 Å². The van der Waals surface area contributed by atoms with Gasteiger partial charge in [-0.25, -0.2) is 8.42 Å². The topological polar surface area (TPSA) is 63.2 Å². The van der Waals surface area contributed by atoms with Gasteiger partial charge in [0.25, 0.3) is 0 Å². The van der Waals surface area contributed by atoms with Crippen LogP contribution in [0.4, 0.5) is 13.2 Å². The normalized spacial score (nSPS) is 34.9. The Morgan fingerprint density at radius 2 is 1.60 bits per heavy atom. The molecule has 2 atom stereocenters. The van der Waals surface area contributed by atoms with Gasteiger partial charge in [-0.2, -0.15) is 13.2 Å². The van der Waals surface area contributed by atoms with E-state index in [4.69, 9.17) is 0 Å². The molecule has 144 valence electrons. The van der Waals surface area contributed by atoms with Crippen LogP contribution in [0.25, 0.3) is 0 Å². The van der Waals surface area contributed by atoms with Crippen LogP contribution in [0.1, 0.15) is 51.4 Å². The standard InChI is InChI=1S/C17H26F3NO3S/c1-25(23,24)16(8-2-3-9-16)10-21-15(22)13-11-4-6-12(7-5-11)14(13)17(18,19)20/h11-14H,2-10H2,1H3,(H,21,22)/t11?,12?,13-,14-/m0/s1. The third kappa shape index (κ3) is 3.43. The Morgan fingerprint density at radius 1 is 1.08 bits per heavy atom. The number of hydrogen-bond acceptors (Lipinski definition) is 3. The van der Waals surface area contributed by atoms with Gasteiger partial charge in [0.1, 0.15) is 0 Å². The molecule has 4 aliphatic carbocycles. The molecule has 0 radical (unpaired) electrons.